The Morgan fingerprint density at radius 3 is 2.45 bits per heavy atom. The van der Waals surface area contributed by atoms with Gasteiger partial charge >= 0.3 is 0 Å². The molecule has 0 aliphatic carbocycles. The van der Waals surface area contributed by atoms with Crippen molar-refractivity contribution in [2.75, 3.05) is 5.73 Å². The van der Waals surface area contributed by atoms with Crippen LogP contribution in [0.3, 0.4) is 0 Å². The zero-order valence-electron chi connectivity index (χ0n) is 11.7. The van der Waals surface area contributed by atoms with Gasteiger partial charge in [-0.15, -0.1) is 0 Å². The predicted molar refractivity (Wildman–Crippen MR) is 93.9 cm³/mol. The van der Waals surface area contributed by atoms with Crippen LogP contribution in [0.2, 0.25) is 5.02 Å². The summed E-state index contributed by atoms with van der Waals surface area (Å²) < 4.78 is 7.04. The second kappa shape index (κ2) is 6.22. The lowest BCUT2D eigenvalue weighted by Gasteiger charge is -2.15. The molecular weight excluding hydrogens is 385 g/mol. The number of rotatable bonds is 3. The van der Waals surface area contributed by atoms with E-state index >= 15 is 0 Å². The molecule has 0 heterocycles. The summed E-state index contributed by atoms with van der Waals surface area (Å²) in [4.78, 5) is 0. The lowest BCUT2D eigenvalue weighted by atomic mass is 10.0. The number of nitrogen functional groups attached to an aromatic ring is 1. The molecule has 0 saturated heterocycles. The number of benzene rings is 2. The van der Waals surface area contributed by atoms with Crippen LogP contribution in [0.5, 0.6) is 11.5 Å². The molecule has 0 unspecified atom stereocenters. The molecule has 106 valence electrons. The molecular formula is C16H17ClINO. The normalized spacial score (nSPS) is 10.9. The second-order valence-corrected chi connectivity index (χ2v) is 6.73. The van der Waals surface area contributed by atoms with Crippen molar-refractivity contribution >= 4 is 39.9 Å². The second-order valence-electron chi connectivity index (χ2n) is 5.08. The number of ether oxygens (including phenoxy) is 1. The molecule has 0 radical (unpaired) electrons. The van der Waals surface area contributed by atoms with Crippen molar-refractivity contribution in [1.29, 1.82) is 0 Å². The van der Waals surface area contributed by atoms with Crippen LogP contribution in [-0.4, -0.2) is 0 Å². The van der Waals surface area contributed by atoms with E-state index < -0.39 is 0 Å². The van der Waals surface area contributed by atoms with Gasteiger partial charge in [-0.25, -0.2) is 0 Å². The molecule has 2 aromatic rings. The highest BCUT2D eigenvalue weighted by atomic mass is 127. The summed E-state index contributed by atoms with van der Waals surface area (Å²) in [6.45, 7) is 6.20. The monoisotopic (exact) mass is 401 g/mol. The molecule has 0 fully saturated rings. The third-order valence-electron chi connectivity index (χ3n) is 3.11. The summed E-state index contributed by atoms with van der Waals surface area (Å²) in [6.07, 6.45) is 0. The first-order valence-electron chi connectivity index (χ1n) is 6.41. The average Bonchev–Trinajstić information content (AvgIpc) is 2.35. The van der Waals surface area contributed by atoms with Gasteiger partial charge in [0.15, 0.2) is 0 Å². The van der Waals surface area contributed by atoms with Crippen LogP contribution in [0.1, 0.15) is 30.9 Å². The molecule has 0 amide bonds. The first kappa shape index (κ1) is 15.4. The Morgan fingerprint density at radius 1 is 1.15 bits per heavy atom. The molecule has 2 nitrogen and oxygen atoms in total. The highest BCUT2D eigenvalue weighted by Gasteiger charge is 2.12. The fourth-order valence-electron chi connectivity index (χ4n) is 1.95. The fraction of sp³-hybridized carbons (Fsp3) is 0.250. The summed E-state index contributed by atoms with van der Waals surface area (Å²) in [7, 11) is 0. The van der Waals surface area contributed by atoms with Crippen LogP contribution in [0.25, 0.3) is 0 Å². The van der Waals surface area contributed by atoms with Crippen LogP contribution in [0.15, 0.2) is 30.3 Å². The third-order valence-corrected chi connectivity index (χ3v) is 4.11. The molecule has 0 spiro atoms. The van der Waals surface area contributed by atoms with Gasteiger partial charge in [-0.2, -0.15) is 0 Å². The SMILES string of the molecule is Cc1cc(Cl)c(C(C)C)cc1Oc1ccc(I)cc1N. The Hall–Kier alpha value is -0.940. The summed E-state index contributed by atoms with van der Waals surface area (Å²) >= 11 is 8.50. The first-order valence-corrected chi connectivity index (χ1v) is 7.87. The molecule has 2 N–H and O–H groups in total. The van der Waals surface area contributed by atoms with E-state index in [1.54, 1.807) is 0 Å². The molecule has 0 atom stereocenters. The minimum Gasteiger partial charge on any atom is -0.455 e. The minimum absolute atomic E-state index is 0.347. The summed E-state index contributed by atoms with van der Waals surface area (Å²) in [5, 5.41) is 0.778. The number of nitrogens with two attached hydrogens (primary N) is 1. The van der Waals surface area contributed by atoms with Gasteiger partial charge in [0.05, 0.1) is 5.69 Å². The molecule has 0 aliphatic rings. The Morgan fingerprint density at radius 2 is 1.85 bits per heavy atom. The molecule has 4 heteroatoms. The van der Waals surface area contributed by atoms with Gasteiger partial charge in [0, 0.05) is 8.59 Å². The van der Waals surface area contributed by atoms with E-state index in [4.69, 9.17) is 22.1 Å². The maximum atomic E-state index is 6.27. The maximum absolute atomic E-state index is 6.27. The zero-order valence-corrected chi connectivity index (χ0v) is 14.6. The topological polar surface area (TPSA) is 35.2 Å². The Labute approximate surface area is 138 Å². The molecule has 0 aromatic heterocycles. The van der Waals surface area contributed by atoms with Crippen molar-refractivity contribution < 1.29 is 4.74 Å². The lowest BCUT2D eigenvalue weighted by molar-refractivity contribution is 0.480. The smallest absolute Gasteiger partial charge is 0.150 e. The summed E-state index contributed by atoms with van der Waals surface area (Å²) in [5.74, 6) is 1.82. The van der Waals surface area contributed by atoms with Crippen molar-refractivity contribution in [3.8, 4) is 11.5 Å². The summed E-state index contributed by atoms with van der Waals surface area (Å²) in [6, 6.07) is 9.69. The van der Waals surface area contributed by atoms with E-state index in [1.165, 1.54) is 0 Å². The van der Waals surface area contributed by atoms with Gasteiger partial charge in [-0.3, -0.25) is 0 Å². The van der Waals surface area contributed by atoms with E-state index in [-0.39, 0.29) is 0 Å². The van der Waals surface area contributed by atoms with E-state index in [0.717, 1.165) is 25.5 Å². The number of halogens is 2. The highest BCUT2D eigenvalue weighted by Crippen LogP contribution is 2.35. The van der Waals surface area contributed by atoms with Crippen molar-refractivity contribution in [2.45, 2.75) is 26.7 Å². The fourth-order valence-corrected chi connectivity index (χ4v) is 2.90. The van der Waals surface area contributed by atoms with Crippen LogP contribution in [-0.2, 0) is 0 Å². The average molecular weight is 402 g/mol. The van der Waals surface area contributed by atoms with Crippen LogP contribution >= 0.6 is 34.2 Å². The molecule has 0 aliphatic heterocycles. The summed E-state index contributed by atoms with van der Waals surface area (Å²) in [5.41, 5.74) is 8.71. The van der Waals surface area contributed by atoms with Gasteiger partial charge in [0.25, 0.3) is 0 Å². The van der Waals surface area contributed by atoms with Crippen LogP contribution < -0.4 is 10.5 Å². The van der Waals surface area contributed by atoms with E-state index in [2.05, 4.69) is 36.4 Å². The highest BCUT2D eigenvalue weighted by molar-refractivity contribution is 14.1. The number of hydrogen-bond acceptors (Lipinski definition) is 2. The standard InChI is InChI=1S/C16H17ClINO/c1-9(2)12-8-16(10(3)6-13(12)17)20-15-5-4-11(18)7-14(15)19/h4-9H,19H2,1-3H3. The largest absolute Gasteiger partial charge is 0.455 e. The number of anilines is 1. The molecule has 2 rings (SSSR count). The van der Waals surface area contributed by atoms with Gasteiger partial charge < -0.3 is 10.5 Å². The van der Waals surface area contributed by atoms with E-state index in [0.29, 0.717) is 17.4 Å². The van der Waals surface area contributed by atoms with Gasteiger partial charge in [-0.1, -0.05) is 25.4 Å². The number of hydrogen-bond donors (Lipinski definition) is 1. The molecule has 0 saturated carbocycles. The van der Waals surface area contributed by atoms with Crippen molar-refractivity contribution in [3.63, 3.8) is 0 Å². The number of aryl methyl sites for hydroxylation is 1. The zero-order chi connectivity index (χ0) is 14.9. The third kappa shape index (κ3) is 3.38. The predicted octanol–water partition coefficient (Wildman–Crippen LogP) is 5.75. The Kier molecular flexibility index (Phi) is 4.81. The Balaban J connectivity index is 2.40. The molecule has 0 bridgehead atoms. The first-order chi connectivity index (χ1) is 9.38. The van der Waals surface area contributed by atoms with Crippen molar-refractivity contribution in [3.05, 3.63) is 50.1 Å². The van der Waals surface area contributed by atoms with Crippen LogP contribution in [0, 0.1) is 10.5 Å². The van der Waals surface area contributed by atoms with E-state index in [9.17, 15) is 0 Å². The molecule has 2 aromatic carbocycles. The quantitative estimate of drug-likeness (QED) is 0.525. The van der Waals surface area contributed by atoms with Crippen LogP contribution in [0.4, 0.5) is 5.69 Å². The van der Waals surface area contributed by atoms with E-state index in [1.807, 2.05) is 37.3 Å². The molecule has 20 heavy (non-hydrogen) atoms. The van der Waals surface area contributed by atoms with Gasteiger partial charge in [0.2, 0.25) is 0 Å². The van der Waals surface area contributed by atoms with Gasteiger partial charge in [0.1, 0.15) is 11.5 Å². The van der Waals surface area contributed by atoms with Gasteiger partial charge in [-0.05, 0) is 76.9 Å². The maximum Gasteiger partial charge on any atom is 0.150 e. The van der Waals surface area contributed by atoms with Crippen molar-refractivity contribution in [1.82, 2.24) is 0 Å². The van der Waals surface area contributed by atoms with Crippen molar-refractivity contribution in [2.24, 2.45) is 0 Å². The minimum atomic E-state index is 0.347. The lowest BCUT2D eigenvalue weighted by Crippen LogP contribution is -1.97. The Bertz CT molecular complexity index is 641.